The first-order chi connectivity index (χ1) is 12.0. The monoisotopic (exact) mass is 359 g/mol. The van der Waals surface area contributed by atoms with Gasteiger partial charge in [0.05, 0.1) is 10.5 Å². The molecule has 0 aromatic heterocycles. The summed E-state index contributed by atoms with van der Waals surface area (Å²) in [5.41, 5.74) is 1.24. The highest BCUT2D eigenvalue weighted by atomic mass is 32.2. The molecule has 25 heavy (non-hydrogen) atoms. The topological polar surface area (TPSA) is 63.7 Å². The number of carbonyl (C=O) groups excluding carboxylic acids is 1. The van der Waals surface area contributed by atoms with Crippen molar-refractivity contribution in [3.05, 3.63) is 65.7 Å². The molecule has 0 amide bonds. The number of nitrogens with zero attached hydrogens (tertiary/aromatic N) is 1. The summed E-state index contributed by atoms with van der Waals surface area (Å²) in [5, 5.41) is 0. The molecular formula is C19H21NO4S. The molecule has 6 heteroatoms. The van der Waals surface area contributed by atoms with Crippen molar-refractivity contribution in [3.63, 3.8) is 0 Å². The number of ether oxygens (including phenoxy) is 1. The molecule has 1 heterocycles. The second-order valence-electron chi connectivity index (χ2n) is 6.09. The van der Waals surface area contributed by atoms with Crippen LogP contribution in [0, 0.1) is 0 Å². The highest BCUT2D eigenvalue weighted by Crippen LogP contribution is 2.22. The Balaban J connectivity index is 1.70. The van der Waals surface area contributed by atoms with Gasteiger partial charge in [-0.05, 0) is 49.6 Å². The lowest BCUT2D eigenvalue weighted by Gasteiger charge is -2.16. The second-order valence-corrected chi connectivity index (χ2v) is 8.03. The molecule has 1 atom stereocenters. The van der Waals surface area contributed by atoms with Crippen LogP contribution in [0.3, 0.4) is 0 Å². The summed E-state index contributed by atoms with van der Waals surface area (Å²) in [5.74, 6) is -0.471. The number of sulfonamides is 1. The van der Waals surface area contributed by atoms with Crippen molar-refractivity contribution in [1.82, 2.24) is 4.31 Å². The van der Waals surface area contributed by atoms with Gasteiger partial charge in [-0.2, -0.15) is 4.31 Å². The fourth-order valence-electron chi connectivity index (χ4n) is 2.86. The van der Waals surface area contributed by atoms with Crippen LogP contribution in [0.15, 0.2) is 59.5 Å². The summed E-state index contributed by atoms with van der Waals surface area (Å²) in [7, 11) is -3.47. The molecule has 3 rings (SSSR count). The highest BCUT2D eigenvalue weighted by molar-refractivity contribution is 7.89. The smallest absolute Gasteiger partial charge is 0.338 e. The Hall–Kier alpha value is -2.18. The van der Waals surface area contributed by atoms with Crippen molar-refractivity contribution in [2.45, 2.75) is 30.8 Å². The van der Waals surface area contributed by atoms with E-state index < -0.39 is 16.0 Å². The number of carbonyl (C=O) groups is 1. The predicted molar refractivity (Wildman–Crippen MR) is 94.7 cm³/mol. The molecule has 2 aromatic carbocycles. The minimum Gasteiger partial charge on any atom is -0.454 e. The van der Waals surface area contributed by atoms with Gasteiger partial charge >= 0.3 is 5.97 Å². The van der Waals surface area contributed by atoms with Crippen molar-refractivity contribution >= 4 is 16.0 Å². The third-order valence-corrected chi connectivity index (χ3v) is 6.26. The zero-order valence-electron chi connectivity index (χ0n) is 14.1. The van der Waals surface area contributed by atoms with Gasteiger partial charge in [0.2, 0.25) is 10.0 Å². The zero-order valence-corrected chi connectivity index (χ0v) is 14.9. The molecule has 0 aliphatic carbocycles. The molecule has 0 saturated carbocycles. The van der Waals surface area contributed by atoms with E-state index in [1.54, 1.807) is 6.92 Å². The van der Waals surface area contributed by atoms with E-state index >= 15 is 0 Å². The van der Waals surface area contributed by atoms with E-state index in [1.165, 1.54) is 28.6 Å². The molecular weight excluding hydrogens is 338 g/mol. The Morgan fingerprint density at radius 2 is 1.60 bits per heavy atom. The van der Waals surface area contributed by atoms with E-state index in [0.717, 1.165) is 18.4 Å². The molecule has 1 aliphatic heterocycles. The van der Waals surface area contributed by atoms with Crippen molar-refractivity contribution in [2.24, 2.45) is 0 Å². The lowest BCUT2D eigenvalue weighted by Crippen LogP contribution is -2.27. The third-order valence-electron chi connectivity index (χ3n) is 4.35. The SMILES string of the molecule is CC(OC(=O)c1ccc(S(=O)(=O)N2CCCC2)cc1)c1ccccc1. The minimum atomic E-state index is -3.47. The van der Waals surface area contributed by atoms with E-state index in [4.69, 9.17) is 4.74 Å². The Labute approximate surface area is 148 Å². The van der Waals surface area contributed by atoms with Crippen molar-refractivity contribution in [2.75, 3.05) is 13.1 Å². The fourth-order valence-corrected chi connectivity index (χ4v) is 4.38. The average Bonchev–Trinajstić information content (AvgIpc) is 3.18. The summed E-state index contributed by atoms with van der Waals surface area (Å²) in [6.07, 6.45) is 1.41. The van der Waals surface area contributed by atoms with E-state index in [9.17, 15) is 13.2 Å². The summed E-state index contributed by atoms with van der Waals surface area (Å²) in [6, 6.07) is 15.4. The molecule has 1 saturated heterocycles. The quantitative estimate of drug-likeness (QED) is 0.768. The molecule has 1 aliphatic rings. The van der Waals surface area contributed by atoms with E-state index in [2.05, 4.69) is 0 Å². The van der Waals surface area contributed by atoms with Gasteiger partial charge in [-0.1, -0.05) is 30.3 Å². The standard InChI is InChI=1S/C19H21NO4S/c1-15(16-7-3-2-4-8-16)24-19(21)17-9-11-18(12-10-17)25(22,23)20-13-5-6-14-20/h2-4,7-12,15H,5-6,13-14H2,1H3. The van der Waals surface area contributed by atoms with Crippen LogP contribution in [0.25, 0.3) is 0 Å². The molecule has 2 aromatic rings. The van der Waals surface area contributed by atoms with Crippen molar-refractivity contribution in [3.8, 4) is 0 Å². The number of benzene rings is 2. The normalized spacial score (nSPS) is 16.5. The molecule has 132 valence electrons. The fraction of sp³-hybridized carbons (Fsp3) is 0.316. The van der Waals surface area contributed by atoms with Crippen LogP contribution < -0.4 is 0 Å². The van der Waals surface area contributed by atoms with E-state index in [0.29, 0.717) is 18.7 Å². The lowest BCUT2D eigenvalue weighted by molar-refractivity contribution is 0.0337. The molecule has 1 fully saturated rings. The van der Waals surface area contributed by atoms with E-state index in [1.807, 2.05) is 30.3 Å². The number of rotatable bonds is 5. The van der Waals surface area contributed by atoms with Crippen LogP contribution in [0.5, 0.6) is 0 Å². The Bertz CT molecular complexity index is 825. The minimum absolute atomic E-state index is 0.210. The summed E-state index contributed by atoms with van der Waals surface area (Å²) in [6.45, 7) is 2.92. The van der Waals surface area contributed by atoms with Crippen LogP contribution in [0.2, 0.25) is 0 Å². The first-order valence-electron chi connectivity index (χ1n) is 8.34. The Morgan fingerprint density at radius 1 is 1.00 bits per heavy atom. The van der Waals surface area contributed by atoms with Gasteiger partial charge in [-0.15, -0.1) is 0 Å². The number of esters is 1. The summed E-state index contributed by atoms with van der Waals surface area (Å²) >= 11 is 0. The maximum absolute atomic E-state index is 12.5. The van der Waals surface area contributed by atoms with Crippen LogP contribution in [0.4, 0.5) is 0 Å². The third kappa shape index (κ3) is 3.91. The number of hydrogen-bond donors (Lipinski definition) is 0. The maximum atomic E-state index is 12.5. The van der Waals surface area contributed by atoms with Gasteiger partial charge in [0.1, 0.15) is 6.10 Å². The van der Waals surface area contributed by atoms with Gasteiger partial charge in [-0.25, -0.2) is 13.2 Å². The highest BCUT2D eigenvalue weighted by Gasteiger charge is 2.27. The average molecular weight is 359 g/mol. The zero-order chi connectivity index (χ0) is 17.9. The molecule has 1 unspecified atom stereocenters. The first-order valence-corrected chi connectivity index (χ1v) is 9.78. The van der Waals surface area contributed by atoms with Crippen LogP contribution in [-0.4, -0.2) is 31.8 Å². The summed E-state index contributed by atoms with van der Waals surface area (Å²) in [4.78, 5) is 12.5. The number of hydrogen-bond acceptors (Lipinski definition) is 4. The van der Waals surface area contributed by atoms with E-state index in [-0.39, 0.29) is 11.0 Å². The molecule has 0 radical (unpaired) electrons. The largest absolute Gasteiger partial charge is 0.454 e. The van der Waals surface area contributed by atoms with Gasteiger partial charge < -0.3 is 4.74 Å². The molecule has 0 N–H and O–H groups in total. The molecule has 0 spiro atoms. The van der Waals surface area contributed by atoms with Gasteiger partial charge in [-0.3, -0.25) is 0 Å². The first kappa shape index (κ1) is 17.6. The maximum Gasteiger partial charge on any atom is 0.338 e. The summed E-state index contributed by atoms with van der Waals surface area (Å²) < 4.78 is 31.9. The Morgan fingerprint density at radius 3 is 2.20 bits per heavy atom. The van der Waals surface area contributed by atoms with Gasteiger partial charge in [0, 0.05) is 13.1 Å². The van der Waals surface area contributed by atoms with Crippen LogP contribution >= 0.6 is 0 Å². The predicted octanol–water partition coefficient (Wildman–Crippen LogP) is 3.39. The van der Waals surface area contributed by atoms with Crippen LogP contribution in [0.1, 0.15) is 41.8 Å². The molecule has 0 bridgehead atoms. The lowest BCUT2D eigenvalue weighted by atomic mass is 10.1. The van der Waals surface area contributed by atoms with Gasteiger partial charge in [0.15, 0.2) is 0 Å². The van der Waals surface area contributed by atoms with Crippen molar-refractivity contribution < 1.29 is 17.9 Å². The Kier molecular flexibility index (Phi) is 5.20. The van der Waals surface area contributed by atoms with Gasteiger partial charge in [0.25, 0.3) is 0 Å². The molecule has 5 nitrogen and oxygen atoms in total. The van der Waals surface area contributed by atoms with Crippen molar-refractivity contribution in [1.29, 1.82) is 0 Å². The van der Waals surface area contributed by atoms with Crippen LogP contribution in [-0.2, 0) is 14.8 Å². The second kappa shape index (κ2) is 7.37.